The average molecular weight is 418 g/mol. The Morgan fingerprint density at radius 3 is 2.74 bits per heavy atom. The van der Waals surface area contributed by atoms with Crippen molar-refractivity contribution in [2.45, 2.75) is 43.0 Å². The lowest BCUT2D eigenvalue weighted by Crippen LogP contribution is -2.58. The van der Waals surface area contributed by atoms with Gasteiger partial charge in [0.1, 0.15) is 10.5 Å². The third-order valence-corrected chi connectivity index (χ3v) is 6.91. The van der Waals surface area contributed by atoms with E-state index in [0.29, 0.717) is 6.42 Å². The number of rotatable bonds is 4. The molecule has 11 heteroatoms. The number of aryl methyl sites for hydroxylation is 1. The lowest BCUT2D eigenvalue weighted by Gasteiger charge is -2.42. The summed E-state index contributed by atoms with van der Waals surface area (Å²) < 4.78 is 29.8. The Morgan fingerprint density at radius 2 is 2.11 bits per heavy atom. The molecule has 150 valence electrons. The number of fused-ring (bicyclic) bond motifs is 1. The first-order valence-electron chi connectivity index (χ1n) is 8.53. The fourth-order valence-corrected chi connectivity index (χ4v) is 5.11. The highest BCUT2D eigenvalue weighted by Gasteiger charge is 2.40. The molecule has 0 aliphatic heterocycles. The van der Waals surface area contributed by atoms with E-state index in [-0.39, 0.29) is 40.8 Å². The first-order valence-corrected chi connectivity index (χ1v) is 10.0. The number of aromatic amines is 1. The van der Waals surface area contributed by atoms with Crippen molar-refractivity contribution in [3.63, 3.8) is 0 Å². The van der Waals surface area contributed by atoms with Gasteiger partial charge in [0.2, 0.25) is 10.0 Å². The van der Waals surface area contributed by atoms with E-state index in [1.807, 2.05) is 6.92 Å². The van der Waals surface area contributed by atoms with Crippen LogP contribution in [0.25, 0.3) is 11.0 Å². The van der Waals surface area contributed by atoms with Crippen LogP contribution in [0.5, 0.6) is 0 Å². The molecule has 0 spiro atoms. The molecular formula is C16H24ClN5O4S. The smallest absolute Gasteiger partial charge is 0.329 e. The molecule has 0 amide bonds. The van der Waals surface area contributed by atoms with Gasteiger partial charge in [-0.15, -0.1) is 12.4 Å². The first-order chi connectivity index (χ1) is 12.2. The van der Waals surface area contributed by atoms with Crippen molar-refractivity contribution >= 4 is 33.5 Å². The number of pyridine rings is 1. The van der Waals surface area contributed by atoms with Crippen LogP contribution in [0.15, 0.2) is 26.7 Å². The molecule has 2 unspecified atom stereocenters. The molecule has 0 saturated heterocycles. The number of aromatic nitrogens is 3. The van der Waals surface area contributed by atoms with Gasteiger partial charge in [0.05, 0.1) is 5.39 Å². The molecule has 0 radical (unpaired) electrons. The van der Waals surface area contributed by atoms with E-state index in [2.05, 4.69) is 14.7 Å². The van der Waals surface area contributed by atoms with Gasteiger partial charge in [-0.1, -0.05) is 19.8 Å². The van der Waals surface area contributed by atoms with E-state index in [0.717, 1.165) is 30.0 Å². The highest BCUT2D eigenvalue weighted by molar-refractivity contribution is 7.89. The van der Waals surface area contributed by atoms with Crippen LogP contribution in [0.2, 0.25) is 0 Å². The molecule has 4 N–H and O–H groups in total. The lowest BCUT2D eigenvalue weighted by molar-refractivity contribution is 0.191. The average Bonchev–Trinajstić information content (AvgIpc) is 2.61. The summed E-state index contributed by atoms with van der Waals surface area (Å²) in [7, 11) is -2.48. The molecule has 1 saturated carbocycles. The summed E-state index contributed by atoms with van der Waals surface area (Å²) in [4.78, 5) is 29.7. The second-order valence-corrected chi connectivity index (χ2v) is 8.66. The number of hydrogen-bond donors (Lipinski definition) is 3. The molecule has 1 fully saturated rings. The van der Waals surface area contributed by atoms with Crippen molar-refractivity contribution in [2.24, 2.45) is 18.7 Å². The molecule has 3 rings (SSSR count). The fraction of sp³-hybridized carbons (Fsp3) is 0.562. The Balaban J connectivity index is 0.00000261. The molecule has 2 aromatic heterocycles. The second-order valence-electron chi connectivity index (χ2n) is 6.97. The third kappa shape index (κ3) is 3.79. The molecule has 0 bridgehead atoms. The molecule has 2 aromatic rings. The number of hydrogen-bond acceptors (Lipinski definition) is 6. The molecule has 2 atom stereocenters. The maximum atomic E-state index is 12.9. The van der Waals surface area contributed by atoms with Gasteiger partial charge in [-0.05, 0) is 24.8 Å². The minimum Gasteiger partial charge on any atom is -0.329 e. The van der Waals surface area contributed by atoms with Gasteiger partial charge in [0.25, 0.3) is 5.56 Å². The summed E-state index contributed by atoms with van der Waals surface area (Å²) in [6.07, 6.45) is 4.67. The Hall–Kier alpha value is -1.75. The number of nitrogens with zero attached hydrogens (tertiary/aromatic N) is 2. The van der Waals surface area contributed by atoms with Crippen LogP contribution in [0.3, 0.4) is 0 Å². The summed E-state index contributed by atoms with van der Waals surface area (Å²) in [6, 6.07) is 1.24. The van der Waals surface area contributed by atoms with Gasteiger partial charge in [0.15, 0.2) is 0 Å². The molecule has 1 aliphatic rings. The van der Waals surface area contributed by atoms with Crippen LogP contribution in [-0.2, 0) is 17.1 Å². The molecule has 9 nitrogen and oxygen atoms in total. The number of halogens is 1. The van der Waals surface area contributed by atoms with Crippen molar-refractivity contribution in [3.05, 3.63) is 33.1 Å². The summed E-state index contributed by atoms with van der Waals surface area (Å²) in [5.41, 5.74) is 4.06. The monoisotopic (exact) mass is 417 g/mol. The minimum atomic E-state index is -3.93. The zero-order chi connectivity index (χ0) is 19.1. The van der Waals surface area contributed by atoms with Gasteiger partial charge in [-0.2, -0.15) is 0 Å². The van der Waals surface area contributed by atoms with Crippen molar-refractivity contribution in [1.82, 2.24) is 19.3 Å². The standard InChI is InChI=1S/C16H23N5O4S.ClH/c1-10-5-3-4-6-16(10,9-17)20-26(24,25)11-7-12-13(18-8-11)21(2)15(23)19-14(12)22;/h7-8,10,20H,3-6,9,17H2,1-2H3,(H,19,22,23);1H. The van der Waals surface area contributed by atoms with Gasteiger partial charge in [-0.25, -0.2) is 22.9 Å². The van der Waals surface area contributed by atoms with Gasteiger partial charge < -0.3 is 5.73 Å². The Bertz CT molecular complexity index is 1060. The normalized spacial score (nSPS) is 23.1. The zero-order valence-corrected chi connectivity index (χ0v) is 16.8. The highest BCUT2D eigenvalue weighted by Crippen LogP contribution is 2.34. The lowest BCUT2D eigenvalue weighted by atomic mass is 9.74. The van der Waals surface area contributed by atoms with Crippen molar-refractivity contribution in [2.75, 3.05) is 6.54 Å². The first kappa shape index (κ1) is 21.5. The van der Waals surface area contributed by atoms with Crippen LogP contribution in [0, 0.1) is 5.92 Å². The van der Waals surface area contributed by atoms with Crippen LogP contribution in [0.1, 0.15) is 32.6 Å². The van der Waals surface area contributed by atoms with E-state index >= 15 is 0 Å². The Kier molecular flexibility index (Phi) is 6.15. The molecule has 27 heavy (non-hydrogen) atoms. The predicted octanol–water partition coefficient (Wildman–Crippen LogP) is 0.230. The van der Waals surface area contributed by atoms with Crippen LogP contribution in [0.4, 0.5) is 0 Å². The van der Waals surface area contributed by atoms with Crippen LogP contribution in [-0.4, -0.2) is 35.0 Å². The second kappa shape index (κ2) is 7.70. The fourth-order valence-electron chi connectivity index (χ4n) is 3.60. The summed E-state index contributed by atoms with van der Waals surface area (Å²) in [5, 5.41) is 0.0356. The van der Waals surface area contributed by atoms with Crippen LogP contribution < -0.4 is 21.7 Å². The SMILES string of the molecule is CC1CCCCC1(CN)NS(=O)(=O)c1cnc2c(c1)c(=O)[nH]c(=O)n2C.Cl. The van der Waals surface area contributed by atoms with Crippen molar-refractivity contribution < 1.29 is 8.42 Å². The quantitative estimate of drug-likeness (QED) is 0.650. The number of nitrogens with one attached hydrogen (secondary N) is 2. The van der Waals surface area contributed by atoms with Crippen molar-refractivity contribution in [3.8, 4) is 0 Å². The zero-order valence-electron chi connectivity index (χ0n) is 15.2. The molecule has 0 aromatic carbocycles. The maximum Gasteiger partial charge on any atom is 0.329 e. The minimum absolute atomic E-state index is 0. The largest absolute Gasteiger partial charge is 0.329 e. The van der Waals surface area contributed by atoms with Gasteiger partial charge in [0, 0.05) is 25.3 Å². The van der Waals surface area contributed by atoms with E-state index in [9.17, 15) is 18.0 Å². The van der Waals surface area contributed by atoms with E-state index in [1.165, 1.54) is 13.1 Å². The Morgan fingerprint density at radius 1 is 1.41 bits per heavy atom. The van der Waals surface area contributed by atoms with E-state index < -0.39 is 26.8 Å². The molecular weight excluding hydrogens is 394 g/mol. The number of sulfonamides is 1. The topological polar surface area (TPSA) is 140 Å². The predicted molar refractivity (Wildman–Crippen MR) is 105 cm³/mol. The number of nitrogens with two attached hydrogens (primary N) is 1. The summed E-state index contributed by atoms with van der Waals surface area (Å²) in [5.74, 6) is 0.105. The highest BCUT2D eigenvalue weighted by atomic mass is 35.5. The van der Waals surface area contributed by atoms with Crippen molar-refractivity contribution in [1.29, 1.82) is 0 Å². The van der Waals surface area contributed by atoms with Gasteiger partial charge >= 0.3 is 5.69 Å². The van der Waals surface area contributed by atoms with Gasteiger partial charge in [-0.3, -0.25) is 14.3 Å². The Labute approximate surface area is 162 Å². The number of H-pyrrole nitrogens is 1. The van der Waals surface area contributed by atoms with E-state index in [4.69, 9.17) is 5.73 Å². The third-order valence-electron chi connectivity index (χ3n) is 5.39. The molecule has 2 heterocycles. The van der Waals surface area contributed by atoms with Crippen LogP contribution >= 0.6 is 12.4 Å². The molecule has 1 aliphatic carbocycles. The summed E-state index contributed by atoms with van der Waals surface area (Å²) >= 11 is 0. The maximum absolute atomic E-state index is 12.9. The van der Waals surface area contributed by atoms with E-state index in [1.54, 1.807) is 0 Å². The summed E-state index contributed by atoms with van der Waals surface area (Å²) in [6.45, 7) is 2.19.